The van der Waals surface area contributed by atoms with Crippen molar-refractivity contribution in [2.24, 2.45) is 0 Å². The van der Waals surface area contributed by atoms with E-state index in [0.717, 1.165) is 6.42 Å². The number of carbonyl (C=O) groups is 1. The quantitative estimate of drug-likeness (QED) is 0.454. The summed E-state index contributed by atoms with van der Waals surface area (Å²) in [6, 6.07) is 0. The van der Waals surface area contributed by atoms with Gasteiger partial charge in [0.2, 0.25) is 0 Å². The van der Waals surface area contributed by atoms with Crippen LogP contribution in [0.4, 0.5) is 0 Å². The minimum absolute atomic E-state index is 0.236. The highest BCUT2D eigenvalue weighted by Crippen LogP contribution is 2.39. The van der Waals surface area contributed by atoms with Crippen molar-refractivity contribution in [2.45, 2.75) is 45.6 Å². The summed E-state index contributed by atoms with van der Waals surface area (Å²) >= 11 is 0. The molecule has 1 unspecified atom stereocenters. The zero-order valence-electron chi connectivity index (χ0n) is 11.3. The van der Waals surface area contributed by atoms with Gasteiger partial charge in [-0.3, -0.25) is 9.36 Å². The van der Waals surface area contributed by atoms with Gasteiger partial charge in [0.25, 0.3) is 0 Å². The molecule has 1 saturated heterocycles. The molecule has 1 fully saturated rings. The van der Waals surface area contributed by atoms with E-state index in [2.05, 4.69) is 10.2 Å². The Labute approximate surface area is 108 Å². The Kier molecular flexibility index (Phi) is 5.79. The Morgan fingerprint density at radius 1 is 1.50 bits per heavy atom. The van der Waals surface area contributed by atoms with Crippen LogP contribution >= 0.6 is 7.67 Å². The van der Waals surface area contributed by atoms with Crippen molar-refractivity contribution in [2.75, 3.05) is 19.7 Å². The number of esters is 1. The molecule has 0 aromatic carbocycles. The lowest BCUT2D eigenvalue weighted by atomic mass is 10.2. The zero-order chi connectivity index (χ0) is 13.6. The number of nitrogens with one attached hydrogen (secondary N) is 2. The van der Waals surface area contributed by atoms with Crippen molar-refractivity contribution >= 4 is 13.6 Å². The summed E-state index contributed by atoms with van der Waals surface area (Å²) in [5, 5.41) is 5.66. The average molecular weight is 278 g/mol. The summed E-state index contributed by atoms with van der Waals surface area (Å²) in [5.74, 6) is -0.236. The third-order valence-corrected chi connectivity index (χ3v) is 4.04. The van der Waals surface area contributed by atoms with E-state index in [-0.39, 0.29) is 5.97 Å². The number of hydrogen-bond acceptors (Lipinski definition) is 4. The van der Waals surface area contributed by atoms with Crippen molar-refractivity contribution < 1.29 is 18.6 Å². The van der Waals surface area contributed by atoms with E-state index in [1.165, 1.54) is 0 Å². The predicted octanol–water partition coefficient (Wildman–Crippen LogP) is 1.82. The van der Waals surface area contributed by atoms with Gasteiger partial charge in [0, 0.05) is 19.5 Å². The minimum Gasteiger partial charge on any atom is -0.460 e. The van der Waals surface area contributed by atoms with Gasteiger partial charge in [0.1, 0.15) is 5.60 Å². The molecular formula is C11H23N2O4P. The summed E-state index contributed by atoms with van der Waals surface area (Å²) in [6.07, 6.45) is 1.75. The van der Waals surface area contributed by atoms with Crippen molar-refractivity contribution in [1.29, 1.82) is 0 Å². The van der Waals surface area contributed by atoms with Crippen molar-refractivity contribution in [3.63, 3.8) is 0 Å². The molecule has 0 spiro atoms. The van der Waals surface area contributed by atoms with E-state index < -0.39 is 13.3 Å². The molecule has 0 saturated carbocycles. The molecule has 1 heterocycles. The van der Waals surface area contributed by atoms with Gasteiger partial charge >= 0.3 is 13.6 Å². The van der Waals surface area contributed by atoms with Gasteiger partial charge in [-0.15, -0.1) is 0 Å². The van der Waals surface area contributed by atoms with Crippen LogP contribution in [0.1, 0.15) is 40.0 Å². The first-order valence-corrected chi connectivity index (χ1v) is 7.90. The van der Waals surface area contributed by atoms with E-state index in [4.69, 9.17) is 9.26 Å². The molecule has 1 aliphatic rings. The summed E-state index contributed by atoms with van der Waals surface area (Å²) in [7, 11) is -2.87. The molecule has 0 aromatic rings. The van der Waals surface area contributed by atoms with Crippen molar-refractivity contribution in [3.05, 3.63) is 0 Å². The second kappa shape index (κ2) is 6.66. The highest BCUT2D eigenvalue weighted by atomic mass is 31.2. The van der Waals surface area contributed by atoms with Crippen LogP contribution in [-0.4, -0.2) is 31.3 Å². The highest BCUT2D eigenvalue weighted by Gasteiger charge is 2.25. The molecule has 6 nitrogen and oxygen atoms in total. The van der Waals surface area contributed by atoms with Gasteiger partial charge in [0.15, 0.2) is 0 Å². The monoisotopic (exact) mass is 278 g/mol. The molecule has 0 aliphatic carbocycles. The molecule has 2 N–H and O–H groups in total. The Balaban J connectivity index is 2.15. The Hall–Kier alpha value is -0.420. The lowest BCUT2D eigenvalue weighted by molar-refractivity contribution is -0.154. The van der Waals surface area contributed by atoms with E-state index in [1.54, 1.807) is 0 Å². The Morgan fingerprint density at radius 3 is 2.78 bits per heavy atom. The predicted molar refractivity (Wildman–Crippen MR) is 69.3 cm³/mol. The van der Waals surface area contributed by atoms with Crippen LogP contribution < -0.4 is 10.2 Å². The van der Waals surface area contributed by atoms with Gasteiger partial charge < -0.3 is 9.26 Å². The fraction of sp³-hybridized carbons (Fsp3) is 0.909. The number of rotatable bonds is 5. The van der Waals surface area contributed by atoms with Gasteiger partial charge in [-0.25, -0.2) is 10.2 Å². The molecular weight excluding hydrogens is 255 g/mol. The maximum absolute atomic E-state index is 11.9. The second-order valence-corrected chi connectivity index (χ2v) is 7.24. The standard InChI is InChI=1S/C11H23N2O4P/c1-11(2,3)17-10(14)6-4-7-12-18(15)13-8-5-9-16-18/h4-9H2,1-3H3,(H2,12,13,15). The number of carbonyl (C=O) groups excluding carboxylic acids is 1. The minimum atomic E-state index is -2.87. The first kappa shape index (κ1) is 15.6. The van der Waals surface area contributed by atoms with Crippen LogP contribution in [0.3, 0.4) is 0 Å². The van der Waals surface area contributed by atoms with Crippen LogP contribution in [0.5, 0.6) is 0 Å². The number of hydrogen-bond donors (Lipinski definition) is 2. The summed E-state index contributed by atoms with van der Waals surface area (Å²) in [6.45, 7) is 7.16. The van der Waals surface area contributed by atoms with Gasteiger partial charge in [-0.2, -0.15) is 0 Å². The smallest absolute Gasteiger partial charge is 0.340 e. The SMILES string of the molecule is CC(C)(C)OC(=O)CCCNP1(=O)NCCCO1. The van der Waals surface area contributed by atoms with Crippen LogP contribution in [0.2, 0.25) is 0 Å². The number of ether oxygens (including phenoxy) is 1. The summed E-state index contributed by atoms with van der Waals surface area (Å²) in [4.78, 5) is 11.4. The molecule has 7 heteroatoms. The van der Waals surface area contributed by atoms with E-state index >= 15 is 0 Å². The summed E-state index contributed by atoms with van der Waals surface area (Å²) < 4.78 is 22.3. The normalized spacial score (nSPS) is 24.8. The zero-order valence-corrected chi connectivity index (χ0v) is 12.2. The Morgan fingerprint density at radius 2 is 2.22 bits per heavy atom. The van der Waals surface area contributed by atoms with Crippen molar-refractivity contribution in [1.82, 2.24) is 10.2 Å². The van der Waals surface area contributed by atoms with Crippen LogP contribution in [-0.2, 0) is 18.6 Å². The molecule has 1 aliphatic heterocycles. The maximum Gasteiger partial charge on any atom is 0.340 e. The van der Waals surface area contributed by atoms with Crippen LogP contribution in [0.15, 0.2) is 0 Å². The maximum atomic E-state index is 11.9. The fourth-order valence-electron chi connectivity index (χ4n) is 1.49. The van der Waals surface area contributed by atoms with Gasteiger partial charge in [-0.05, 0) is 33.6 Å². The second-order valence-electron chi connectivity index (χ2n) is 5.24. The van der Waals surface area contributed by atoms with Crippen molar-refractivity contribution in [3.8, 4) is 0 Å². The lowest BCUT2D eigenvalue weighted by Gasteiger charge is -2.24. The van der Waals surface area contributed by atoms with Gasteiger partial charge in [-0.1, -0.05) is 0 Å². The molecule has 1 rings (SSSR count). The molecule has 1 atom stereocenters. The molecule has 0 bridgehead atoms. The molecule has 0 radical (unpaired) electrons. The van der Waals surface area contributed by atoms with E-state index in [0.29, 0.717) is 32.5 Å². The van der Waals surface area contributed by atoms with E-state index in [1.807, 2.05) is 20.8 Å². The van der Waals surface area contributed by atoms with Crippen LogP contribution in [0, 0.1) is 0 Å². The highest BCUT2D eigenvalue weighted by molar-refractivity contribution is 7.54. The molecule has 0 aromatic heterocycles. The summed E-state index contributed by atoms with van der Waals surface area (Å²) in [5.41, 5.74) is -0.453. The first-order chi connectivity index (χ1) is 8.31. The third-order valence-electron chi connectivity index (χ3n) is 2.21. The molecule has 106 valence electrons. The van der Waals surface area contributed by atoms with Crippen LogP contribution in [0.25, 0.3) is 0 Å². The molecule has 18 heavy (non-hydrogen) atoms. The fourth-order valence-corrected chi connectivity index (χ4v) is 3.08. The first-order valence-electron chi connectivity index (χ1n) is 6.27. The van der Waals surface area contributed by atoms with E-state index in [9.17, 15) is 9.36 Å². The largest absolute Gasteiger partial charge is 0.460 e. The third kappa shape index (κ3) is 6.50. The Bertz CT molecular complexity index is 317. The average Bonchev–Trinajstić information content (AvgIpc) is 2.23. The molecule has 0 amide bonds. The topological polar surface area (TPSA) is 76.7 Å². The van der Waals surface area contributed by atoms with Gasteiger partial charge in [0.05, 0.1) is 6.61 Å². The lowest BCUT2D eigenvalue weighted by Crippen LogP contribution is -2.31.